The molecule has 0 aromatic rings. The van der Waals surface area contributed by atoms with Gasteiger partial charge in [-0.25, -0.2) is 0 Å². The number of hydrogen-bond acceptors (Lipinski definition) is 2. The molecule has 1 unspecified atom stereocenters. The lowest BCUT2D eigenvalue weighted by atomic mass is 9.80. The summed E-state index contributed by atoms with van der Waals surface area (Å²) in [6, 6.07) is 1.13. The van der Waals surface area contributed by atoms with E-state index in [9.17, 15) is 0 Å². The molecule has 0 bridgehead atoms. The topological polar surface area (TPSA) is 29.3 Å². The maximum absolute atomic E-state index is 6.13. The van der Waals surface area contributed by atoms with E-state index in [1.165, 1.54) is 37.7 Å². The highest BCUT2D eigenvalue weighted by atomic mass is 15.2. The maximum Gasteiger partial charge on any atom is 0.0435 e. The average Bonchev–Trinajstić information content (AvgIpc) is 2.38. The Morgan fingerprint density at radius 1 is 1.26 bits per heavy atom. The summed E-state index contributed by atoms with van der Waals surface area (Å²) in [5.41, 5.74) is 7.86. The summed E-state index contributed by atoms with van der Waals surface area (Å²) < 4.78 is 0. The molecule has 0 radical (unpaired) electrons. The van der Waals surface area contributed by atoms with Crippen LogP contribution in [0.3, 0.4) is 0 Å². The first-order valence-corrected chi connectivity index (χ1v) is 8.04. The van der Waals surface area contributed by atoms with Crippen molar-refractivity contribution < 1.29 is 0 Å². The summed E-state index contributed by atoms with van der Waals surface area (Å²) in [6.07, 6.45) is 10.4. The van der Waals surface area contributed by atoms with Crippen molar-refractivity contribution in [1.29, 1.82) is 0 Å². The molecule has 1 saturated carbocycles. The van der Waals surface area contributed by atoms with Crippen LogP contribution in [0, 0.1) is 5.41 Å². The van der Waals surface area contributed by atoms with Gasteiger partial charge in [-0.15, -0.1) is 0 Å². The Bertz CT molecular complexity index is 282. The maximum atomic E-state index is 6.13. The van der Waals surface area contributed by atoms with E-state index < -0.39 is 0 Å². The molecular weight excluding hydrogens is 232 g/mol. The van der Waals surface area contributed by atoms with E-state index >= 15 is 0 Å². The van der Waals surface area contributed by atoms with Gasteiger partial charge < -0.3 is 5.73 Å². The molecule has 2 N–H and O–H groups in total. The molecule has 2 heteroatoms. The van der Waals surface area contributed by atoms with Crippen LogP contribution in [0.2, 0.25) is 0 Å². The Kier molecular flexibility index (Phi) is 6.55. The van der Waals surface area contributed by atoms with Crippen LogP contribution in [-0.2, 0) is 0 Å². The summed E-state index contributed by atoms with van der Waals surface area (Å²) in [7, 11) is 2.28. The molecule has 0 saturated heterocycles. The molecule has 19 heavy (non-hydrogen) atoms. The van der Waals surface area contributed by atoms with E-state index in [0.717, 1.165) is 19.0 Å². The van der Waals surface area contributed by atoms with Crippen LogP contribution >= 0.6 is 0 Å². The zero-order valence-electron chi connectivity index (χ0n) is 13.7. The minimum Gasteiger partial charge on any atom is -0.329 e. The quantitative estimate of drug-likeness (QED) is 0.763. The fourth-order valence-corrected chi connectivity index (χ4v) is 3.42. The van der Waals surface area contributed by atoms with Crippen molar-refractivity contribution in [2.75, 3.05) is 13.6 Å². The molecule has 0 spiro atoms. The SMILES string of the molecule is CC/C=C(\C(CN)N(C)C1CCCCC1)C(C)(C)C. The molecule has 0 aliphatic heterocycles. The molecule has 1 aliphatic rings. The van der Waals surface area contributed by atoms with Gasteiger partial charge in [0.15, 0.2) is 0 Å². The molecule has 1 atom stereocenters. The van der Waals surface area contributed by atoms with E-state index in [-0.39, 0.29) is 5.41 Å². The molecule has 2 nitrogen and oxygen atoms in total. The molecule has 1 rings (SSSR count). The number of hydrogen-bond donors (Lipinski definition) is 1. The van der Waals surface area contributed by atoms with Crippen LogP contribution in [0.25, 0.3) is 0 Å². The molecule has 0 heterocycles. The monoisotopic (exact) mass is 266 g/mol. The molecular formula is C17H34N2. The third-order valence-electron chi connectivity index (χ3n) is 4.51. The minimum atomic E-state index is 0.211. The van der Waals surface area contributed by atoms with Gasteiger partial charge in [-0.2, -0.15) is 0 Å². The Morgan fingerprint density at radius 2 is 1.84 bits per heavy atom. The van der Waals surface area contributed by atoms with Gasteiger partial charge in [0.25, 0.3) is 0 Å². The largest absolute Gasteiger partial charge is 0.329 e. The van der Waals surface area contributed by atoms with Gasteiger partial charge in [0.1, 0.15) is 0 Å². The van der Waals surface area contributed by atoms with Gasteiger partial charge in [-0.05, 0) is 31.7 Å². The second kappa shape index (κ2) is 7.44. The van der Waals surface area contributed by atoms with Crippen LogP contribution in [0.4, 0.5) is 0 Å². The van der Waals surface area contributed by atoms with E-state index in [4.69, 9.17) is 5.73 Å². The lowest BCUT2D eigenvalue weighted by Crippen LogP contribution is -2.48. The molecule has 0 amide bonds. The standard InChI is InChI=1S/C17H34N2/c1-6-10-15(17(2,3)4)16(13-18)19(5)14-11-8-7-9-12-14/h10,14,16H,6-9,11-13,18H2,1-5H3/b15-10+. The van der Waals surface area contributed by atoms with E-state index in [2.05, 4.69) is 45.7 Å². The normalized spacial score (nSPS) is 20.9. The van der Waals surface area contributed by atoms with Crippen molar-refractivity contribution in [1.82, 2.24) is 4.90 Å². The van der Waals surface area contributed by atoms with Crippen molar-refractivity contribution >= 4 is 0 Å². The highest BCUT2D eigenvalue weighted by Crippen LogP contribution is 2.33. The Labute approximate surface area is 120 Å². The van der Waals surface area contributed by atoms with Gasteiger partial charge in [-0.3, -0.25) is 4.90 Å². The first-order valence-electron chi connectivity index (χ1n) is 8.04. The summed E-state index contributed by atoms with van der Waals surface area (Å²) in [4.78, 5) is 2.56. The number of likely N-dealkylation sites (N-methyl/N-ethyl adjacent to an activating group) is 1. The van der Waals surface area contributed by atoms with Crippen LogP contribution < -0.4 is 5.73 Å². The Hall–Kier alpha value is -0.340. The van der Waals surface area contributed by atoms with E-state index in [1.54, 1.807) is 0 Å². The predicted octanol–water partition coefficient (Wildman–Crippen LogP) is 3.96. The first kappa shape index (κ1) is 16.7. The number of allylic oxidation sites excluding steroid dienone is 1. The fraction of sp³-hybridized carbons (Fsp3) is 0.882. The third-order valence-corrected chi connectivity index (χ3v) is 4.51. The molecule has 1 aliphatic carbocycles. The van der Waals surface area contributed by atoms with Crippen molar-refractivity contribution in [3.63, 3.8) is 0 Å². The van der Waals surface area contributed by atoms with E-state index in [0.29, 0.717) is 6.04 Å². The van der Waals surface area contributed by atoms with Crippen LogP contribution in [0.5, 0.6) is 0 Å². The van der Waals surface area contributed by atoms with E-state index in [1.807, 2.05) is 0 Å². The summed E-state index contributed by atoms with van der Waals surface area (Å²) in [5.74, 6) is 0. The van der Waals surface area contributed by atoms with Gasteiger partial charge in [-0.1, -0.05) is 58.6 Å². The van der Waals surface area contributed by atoms with Crippen molar-refractivity contribution in [2.24, 2.45) is 11.1 Å². The van der Waals surface area contributed by atoms with Gasteiger partial charge in [0.2, 0.25) is 0 Å². The van der Waals surface area contributed by atoms with Crippen molar-refractivity contribution in [3.8, 4) is 0 Å². The minimum absolute atomic E-state index is 0.211. The summed E-state index contributed by atoms with van der Waals surface area (Å²) in [6.45, 7) is 9.89. The van der Waals surface area contributed by atoms with Gasteiger partial charge in [0, 0.05) is 18.6 Å². The molecule has 1 fully saturated rings. The van der Waals surface area contributed by atoms with Gasteiger partial charge >= 0.3 is 0 Å². The summed E-state index contributed by atoms with van der Waals surface area (Å²) in [5, 5.41) is 0. The predicted molar refractivity (Wildman–Crippen MR) is 85.3 cm³/mol. The number of nitrogens with zero attached hydrogens (tertiary/aromatic N) is 1. The second-order valence-electron chi connectivity index (χ2n) is 7.03. The van der Waals surface area contributed by atoms with Crippen molar-refractivity contribution in [2.45, 2.75) is 78.3 Å². The fourth-order valence-electron chi connectivity index (χ4n) is 3.42. The lowest BCUT2D eigenvalue weighted by Gasteiger charge is -2.41. The zero-order valence-corrected chi connectivity index (χ0v) is 13.7. The molecule has 0 aromatic heterocycles. The van der Waals surface area contributed by atoms with Crippen LogP contribution in [0.1, 0.15) is 66.2 Å². The molecule has 0 aromatic carbocycles. The second-order valence-corrected chi connectivity index (χ2v) is 7.03. The summed E-state index contributed by atoms with van der Waals surface area (Å²) >= 11 is 0. The molecule has 112 valence electrons. The Morgan fingerprint density at radius 3 is 2.26 bits per heavy atom. The average molecular weight is 266 g/mol. The third kappa shape index (κ3) is 4.61. The smallest absolute Gasteiger partial charge is 0.0435 e. The first-order chi connectivity index (χ1) is 8.91. The van der Waals surface area contributed by atoms with Crippen LogP contribution in [-0.4, -0.2) is 30.6 Å². The number of nitrogens with two attached hydrogens (primary N) is 1. The van der Waals surface area contributed by atoms with Crippen molar-refractivity contribution in [3.05, 3.63) is 11.6 Å². The zero-order chi connectivity index (χ0) is 14.5. The number of rotatable bonds is 5. The Balaban J connectivity index is 2.86. The van der Waals surface area contributed by atoms with Crippen LogP contribution in [0.15, 0.2) is 11.6 Å². The lowest BCUT2D eigenvalue weighted by molar-refractivity contribution is 0.146. The van der Waals surface area contributed by atoms with Gasteiger partial charge in [0.05, 0.1) is 0 Å². The highest BCUT2D eigenvalue weighted by Gasteiger charge is 2.30. The highest BCUT2D eigenvalue weighted by molar-refractivity contribution is 5.19.